The van der Waals surface area contributed by atoms with Gasteiger partial charge in [-0.2, -0.15) is 5.10 Å². The molecule has 2 aromatic rings. The van der Waals surface area contributed by atoms with Crippen LogP contribution in [-0.4, -0.2) is 75.1 Å². The molecule has 0 saturated carbocycles. The number of allylic oxidation sites excluding steroid dienone is 1. The van der Waals surface area contributed by atoms with Crippen LogP contribution in [0.4, 0.5) is 0 Å². The van der Waals surface area contributed by atoms with E-state index in [4.69, 9.17) is 15.1 Å². The number of rotatable bonds is 4. The monoisotopic (exact) mass is 512 g/mol. The van der Waals surface area contributed by atoms with Gasteiger partial charge in [0.25, 0.3) is 5.91 Å². The Hall–Kier alpha value is -3.85. The number of piperidine rings is 1. The number of amidine groups is 1. The number of hydrogen-bond donors (Lipinski definition) is 2. The number of aliphatic imine (C=N–C) groups is 1. The van der Waals surface area contributed by atoms with Crippen LogP contribution in [0.25, 0.3) is 11.3 Å². The van der Waals surface area contributed by atoms with Gasteiger partial charge in [0.2, 0.25) is 0 Å². The molecule has 9 nitrogen and oxygen atoms in total. The van der Waals surface area contributed by atoms with E-state index in [1.54, 1.807) is 4.90 Å². The third-order valence-corrected chi connectivity index (χ3v) is 8.12. The number of carbonyl (C=O) groups is 2. The molecule has 38 heavy (non-hydrogen) atoms. The Balaban J connectivity index is 1.31. The molecule has 2 unspecified atom stereocenters. The van der Waals surface area contributed by atoms with Gasteiger partial charge in [-0.05, 0) is 38.3 Å². The van der Waals surface area contributed by atoms with Gasteiger partial charge in [0.15, 0.2) is 11.6 Å². The number of pyridine rings is 1. The molecule has 4 aliphatic heterocycles. The normalized spacial score (nSPS) is 26.0. The van der Waals surface area contributed by atoms with Gasteiger partial charge in [0.05, 0.1) is 17.2 Å². The van der Waals surface area contributed by atoms with Crippen molar-refractivity contribution < 1.29 is 14.7 Å². The lowest BCUT2D eigenvalue weighted by Gasteiger charge is -2.48. The zero-order valence-electron chi connectivity index (χ0n) is 21.7. The van der Waals surface area contributed by atoms with Crippen LogP contribution in [0.1, 0.15) is 44.6 Å². The number of Topliss-reactive ketones (excluding diaryl/α,β-unsaturated/α-hetero) is 1. The van der Waals surface area contributed by atoms with Crippen molar-refractivity contribution >= 4 is 23.7 Å². The van der Waals surface area contributed by atoms with Crippen molar-refractivity contribution in [2.75, 3.05) is 19.6 Å². The van der Waals surface area contributed by atoms with Crippen LogP contribution in [0.5, 0.6) is 0 Å². The molecule has 6 rings (SSSR count). The van der Waals surface area contributed by atoms with Crippen molar-refractivity contribution in [2.24, 2.45) is 16.0 Å². The number of benzene rings is 1. The Kier molecular flexibility index (Phi) is 6.10. The summed E-state index contributed by atoms with van der Waals surface area (Å²) in [4.78, 5) is 36.7. The fourth-order valence-corrected chi connectivity index (χ4v) is 6.04. The van der Waals surface area contributed by atoms with Crippen LogP contribution in [0.15, 0.2) is 70.0 Å². The van der Waals surface area contributed by atoms with E-state index in [0.717, 1.165) is 22.5 Å². The van der Waals surface area contributed by atoms with Gasteiger partial charge in [-0.15, -0.1) is 0 Å². The van der Waals surface area contributed by atoms with Crippen molar-refractivity contribution in [3.63, 3.8) is 0 Å². The van der Waals surface area contributed by atoms with Gasteiger partial charge < -0.3 is 15.3 Å². The molecule has 3 atom stereocenters. The van der Waals surface area contributed by atoms with Crippen LogP contribution in [-0.2, 0) is 9.59 Å². The van der Waals surface area contributed by atoms with Crippen molar-refractivity contribution in [3.05, 3.63) is 65.5 Å². The number of hydrogen-bond acceptors (Lipinski definition) is 8. The van der Waals surface area contributed by atoms with E-state index in [9.17, 15) is 14.7 Å². The molecule has 5 heterocycles. The first-order chi connectivity index (χ1) is 18.4. The molecule has 1 aromatic heterocycles. The molecule has 1 fully saturated rings. The zero-order valence-corrected chi connectivity index (χ0v) is 21.7. The minimum atomic E-state index is -1.01. The average Bonchev–Trinajstić information content (AvgIpc) is 3.30. The third-order valence-electron chi connectivity index (χ3n) is 8.12. The topological polar surface area (TPSA) is 110 Å². The third kappa shape index (κ3) is 4.01. The summed E-state index contributed by atoms with van der Waals surface area (Å²) < 4.78 is 0. The SMILES string of the molecule is C[C@@H](O)C(=O)N1CCC(C2=C3C(=O)CCN=C3N3N=CC(c4ccc(-c5ccccc5)nc4)C3(C)N2)CC1. The lowest BCUT2D eigenvalue weighted by atomic mass is 9.81. The smallest absolute Gasteiger partial charge is 0.251 e. The fourth-order valence-electron chi connectivity index (χ4n) is 6.04. The van der Waals surface area contributed by atoms with Gasteiger partial charge in [-0.1, -0.05) is 36.4 Å². The summed E-state index contributed by atoms with van der Waals surface area (Å²) in [6.07, 6.45) is 4.61. The number of ketones is 1. The minimum absolute atomic E-state index is 0.0779. The molecule has 0 aliphatic carbocycles. The number of fused-ring (bicyclic) bond motifs is 3. The Morgan fingerprint density at radius 3 is 2.61 bits per heavy atom. The second-order valence-corrected chi connectivity index (χ2v) is 10.6. The molecule has 1 saturated heterocycles. The first kappa shape index (κ1) is 24.5. The molecule has 0 bridgehead atoms. The van der Waals surface area contributed by atoms with E-state index < -0.39 is 11.8 Å². The lowest BCUT2D eigenvalue weighted by molar-refractivity contribution is -0.140. The number of amides is 1. The molecular weight excluding hydrogens is 480 g/mol. The lowest BCUT2D eigenvalue weighted by Crippen LogP contribution is -2.63. The molecule has 2 N–H and O–H groups in total. The van der Waals surface area contributed by atoms with Gasteiger partial charge in [-0.25, -0.2) is 5.01 Å². The van der Waals surface area contributed by atoms with Crippen LogP contribution < -0.4 is 5.32 Å². The number of nitrogens with zero attached hydrogens (tertiary/aromatic N) is 5. The van der Waals surface area contributed by atoms with Crippen LogP contribution in [0, 0.1) is 5.92 Å². The first-order valence-electron chi connectivity index (χ1n) is 13.3. The number of nitrogens with one attached hydrogen (secondary N) is 1. The number of aliphatic hydroxyl groups excluding tert-OH is 1. The Morgan fingerprint density at radius 1 is 1.16 bits per heavy atom. The highest BCUT2D eigenvalue weighted by Crippen LogP contribution is 2.43. The molecule has 0 spiro atoms. The molecule has 196 valence electrons. The van der Waals surface area contributed by atoms with Gasteiger partial charge >= 0.3 is 0 Å². The van der Waals surface area contributed by atoms with Gasteiger partial charge in [0, 0.05) is 55.6 Å². The van der Waals surface area contributed by atoms with Crippen LogP contribution in [0.3, 0.4) is 0 Å². The summed E-state index contributed by atoms with van der Waals surface area (Å²) in [6.45, 7) is 5.13. The number of aromatic nitrogens is 1. The standard InChI is InChI=1S/C29H32N6O3/c1-18(36)28(38)34-14-11-20(12-15-34)26-25-24(37)10-13-30-27(25)35-29(2,33-26)22(17-32-35)21-8-9-23(31-16-21)19-6-4-3-5-7-19/h3-9,16-18,20,22,33,36H,10-15H2,1-2H3/t18-,22?,29?/m1/s1. The number of hydrazone groups is 1. The zero-order chi connectivity index (χ0) is 26.4. The highest BCUT2D eigenvalue weighted by molar-refractivity contribution is 6.24. The fraction of sp³-hybridized carbons (Fsp3) is 0.414. The maximum atomic E-state index is 13.2. The average molecular weight is 513 g/mol. The van der Waals surface area contributed by atoms with Crippen LogP contribution in [0.2, 0.25) is 0 Å². The molecule has 0 radical (unpaired) electrons. The summed E-state index contributed by atoms with van der Waals surface area (Å²) in [7, 11) is 0. The summed E-state index contributed by atoms with van der Waals surface area (Å²) in [5, 5.41) is 20.1. The summed E-state index contributed by atoms with van der Waals surface area (Å²) in [6, 6.07) is 14.2. The van der Waals surface area contributed by atoms with Gasteiger partial charge in [-0.3, -0.25) is 19.6 Å². The predicted molar refractivity (Wildman–Crippen MR) is 144 cm³/mol. The summed E-state index contributed by atoms with van der Waals surface area (Å²) in [5.41, 5.74) is 3.87. The highest BCUT2D eigenvalue weighted by Gasteiger charge is 2.53. The molecule has 1 amide bonds. The first-order valence-corrected chi connectivity index (χ1v) is 13.3. The second kappa shape index (κ2) is 9.47. The maximum Gasteiger partial charge on any atom is 0.251 e. The number of aliphatic hydroxyl groups is 1. The molecule has 4 aliphatic rings. The van der Waals surface area contributed by atoms with E-state index in [0.29, 0.717) is 50.3 Å². The quantitative estimate of drug-likeness (QED) is 0.652. The Bertz CT molecular complexity index is 1340. The van der Waals surface area contributed by atoms with Crippen molar-refractivity contribution in [2.45, 2.75) is 50.8 Å². The van der Waals surface area contributed by atoms with E-state index in [-0.39, 0.29) is 23.5 Å². The van der Waals surface area contributed by atoms with Crippen LogP contribution >= 0.6 is 0 Å². The van der Waals surface area contributed by atoms with E-state index in [2.05, 4.69) is 18.3 Å². The largest absolute Gasteiger partial charge is 0.384 e. The van der Waals surface area contributed by atoms with E-state index in [1.165, 1.54) is 6.92 Å². The van der Waals surface area contributed by atoms with Crippen molar-refractivity contribution in [1.29, 1.82) is 0 Å². The summed E-state index contributed by atoms with van der Waals surface area (Å²) in [5.74, 6) is 0.423. The number of carbonyl (C=O) groups excluding carboxylic acids is 2. The molecule has 9 heteroatoms. The second-order valence-electron chi connectivity index (χ2n) is 10.6. The molecule has 1 aromatic carbocycles. The van der Waals surface area contributed by atoms with Gasteiger partial charge in [0.1, 0.15) is 11.8 Å². The predicted octanol–water partition coefficient (Wildman–Crippen LogP) is 2.70. The van der Waals surface area contributed by atoms with Crippen molar-refractivity contribution in [1.82, 2.24) is 20.2 Å². The Morgan fingerprint density at radius 2 is 1.92 bits per heavy atom. The number of likely N-dealkylation sites (tertiary alicyclic amines) is 1. The molecular formula is C29H32N6O3. The minimum Gasteiger partial charge on any atom is -0.384 e. The maximum absolute atomic E-state index is 13.2. The van der Waals surface area contributed by atoms with Crippen molar-refractivity contribution in [3.8, 4) is 11.3 Å². The Labute approximate surface area is 222 Å². The summed E-state index contributed by atoms with van der Waals surface area (Å²) >= 11 is 0. The highest BCUT2D eigenvalue weighted by atomic mass is 16.3. The van der Waals surface area contributed by atoms with E-state index in [1.807, 2.05) is 53.8 Å². The van der Waals surface area contributed by atoms with E-state index >= 15 is 0 Å².